The maximum Gasteiger partial charge on any atom is 0.161 e. The lowest BCUT2D eigenvalue weighted by atomic mass is 10.0. The van der Waals surface area contributed by atoms with Gasteiger partial charge in [0.15, 0.2) is 11.5 Å². The number of rotatable bonds is 8. The first-order valence-electron chi connectivity index (χ1n) is 6.71. The maximum atomic E-state index is 5.51. The molecule has 0 fully saturated rings. The van der Waals surface area contributed by atoms with Crippen molar-refractivity contribution < 1.29 is 14.3 Å². The van der Waals surface area contributed by atoms with Crippen molar-refractivity contribution in [2.45, 2.75) is 33.2 Å². The van der Waals surface area contributed by atoms with Crippen LogP contribution in [0.3, 0.4) is 0 Å². The Balaban J connectivity index is 2.75. The van der Waals surface area contributed by atoms with Crippen LogP contribution in [0.25, 0.3) is 0 Å². The predicted octanol–water partition coefficient (Wildman–Crippen LogP) is 3.33. The first-order chi connectivity index (χ1) is 9.12. The van der Waals surface area contributed by atoms with Crippen LogP contribution >= 0.6 is 0 Å². The van der Waals surface area contributed by atoms with E-state index in [0.29, 0.717) is 12.5 Å². The van der Waals surface area contributed by atoms with E-state index in [9.17, 15) is 0 Å². The molecule has 4 heteroatoms. The molecule has 0 aliphatic heterocycles. The standard InChI is InChI=1S/C15H25NO3/c1-6-13(16-19-10-11(2)3)12-7-8-14(17-4)15(9-12)18-5/h7-9,11,13,16H,6,10H2,1-5H3. The smallest absolute Gasteiger partial charge is 0.161 e. The molecule has 0 radical (unpaired) electrons. The molecule has 0 amide bonds. The predicted molar refractivity (Wildman–Crippen MR) is 76.5 cm³/mol. The summed E-state index contributed by atoms with van der Waals surface area (Å²) in [6, 6.07) is 6.08. The van der Waals surface area contributed by atoms with Crippen molar-refractivity contribution in [3.63, 3.8) is 0 Å². The van der Waals surface area contributed by atoms with E-state index in [1.54, 1.807) is 14.2 Å². The van der Waals surface area contributed by atoms with Gasteiger partial charge in [0.05, 0.1) is 26.9 Å². The molecular formula is C15H25NO3. The van der Waals surface area contributed by atoms with Crippen molar-refractivity contribution in [2.75, 3.05) is 20.8 Å². The number of ether oxygens (including phenoxy) is 2. The molecular weight excluding hydrogens is 242 g/mol. The van der Waals surface area contributed by atoms with Gasteiger partial charge in [0, 0.05) is 0 Å². The van der Waals surface area contributed by atoms with Gasteiger partial charge in [0.25, 0.3) is 0 Å². The molecule has 1 unspecified atom stereocenters. The highest BCUT2D eigenvalue weighted by Crippen LogP contribution is 2.30. The van der Waals surface area contributed by atoms with Gasteiger partial charge in [-0.05, 0) is 30.0 Å². The minimum absolute atomic E-state index is 0.151. The molecule has 1 atom stereocenters. The summed E-state index contributed by atoms with van der Waals surface area (Å²) in [6.07, 6.45) is 0.938. The van der Waals surface area contributed by atoms with Crippen LogP contribution in [0.1, 0.15) is 38.8 Å². The normalized spacial score (nSPS) is 12.5. The number of hydroxylamine groups is 1. The van der Waals surface area contributed by atoms with Gasteiger partial charge in [-0.3, -0.25) is 0 Å². The zero-order valence-corrected chi connectivity index (χ0v) is 12.5. The van der Waals surface area contributed by atoms with Crippen molar-refractivity contribution >= 4 is 0 Å². The molecule has 0 aromatic heterocycles. The highest BCUT2D eigenvalue weighted by atomic mass is 16.6. The molecule has 1 N–H and O–H groups in total. The molecule has 1 rings (SSSR count). The molecule has 0 saturated carbocycles. The van der Waals surface area contributed by atoms with E-state index >= 15 is 0 Å². The van der Waals surface area contributed by atoms with Crippen LogP contribution in [-0.4, -0.2) is 20.8 Å². The van der Waals surface area contributed by atoms with Crippen LogP contribution < -0.4 is 15.0 Å². The summed E-state index contributed by atoms with van der Waals surface area (Å²) in [5, 5.41) is 0. The molecule has 0 spiro atoms. The van der Waals surface area contributed by atoms with Crippen molar-refractivity contribution in [1.29, 1.82) is 0 Å². The van der Waals surface area contributed by atoms with Crippen LogP contribution in [0.4, 0.5) is 0 Å². The third-order valence-corrected chi connectivity index (χ3v) is 2.86. The lowest BCUT2D eigenvalue weighted by molar-refractivity contribution is -0.000624. The van der Waals surface area contributed by atoms with Crippen LogP contribution in [0, 0.1) is 5.92 Å². The summed E-state index contributed by atoms with van der Waals surface area (Å²) in [6.45, 7) is 7.06. The van der Waals surface area contributed by atoms with Gasteiger partial charge in [0.2, 0.25) is 0 Å². The summed E-state index contributed by atoms with van der Waals surface area (Å²) < 4.78 is 10.6. The molecule has 0 aliphatic rings. The summed E-state index contributed by atoms with van der Waals surface area (Å²) in [4.78, 5) is 5.51. The fraction of sp³-hybridized carbons (Fsp3) is 0.600. The van der Waals surface area contributed by atoms with Crippen LogP contribution in [0.2, 0.25) is 0 Å². The van der Waals surface area contributed by atoms with Gasteiger partial charge in [0.1, 0.15) is 0 Å². The monoisotopic (exact) mass is 267 g/mol. The lowest BCUT2D eigenvalue weighted by Crippen LogP contribution is -2.23. The van der Waals surface area contributed by atoms with Gasteiger partial charge in [-0.1, -0.05) is 26.8 Å². The quantitative estimate of drug-likeness (QED) is 0.733. The fourth-order valence-corrected chi connectivity index (χ4v) is 1.77. The molecule has 19 heavy (non-hydrogen) atoms. The van der Waals surface area contributed by atoms with Crippen molar-refractivity contribution in [3.05, 3.63) is 23.8 Å². The van der Waals surface area contributed by atoms with Gasteiger partial charge in [-0.15, -0.1) is 0 Å². The Bertz CT molecular complexity index is 380. The molecule has 4 nitrogen and oxygen atoms in total. The number of benzene rings is 1. The Morgan fingerprint density at radius 1 is 1.11 bits per heavy atom. The number of methoxy groups -OCH3 is 2. The van der Waals surface area contributed by atoms with E-state index in [1.807, 2.05) is 18.2 Å². The highest BCUT2D eigenvalue weighted by molar-refractivity contribution is 5.43. The van der Waals surface area contributed by atoms with E-state index < -0.39 is 0 Å². The van der Waals surface area contributed by atoms with E-state index in [4.69, 9.17) is 14.3 Å². The highest BCUT2D eigenvalue weighted by Gasteiger charge is 2.13. The Kier molecular flexibility index (Phi) is 6.67. The van der Waals surface area contributed by atoms with E-state index in [0.717, 1.165) is 23.5 Å². The minimum atomic E-state index is 0.151. The lowest BCUT2D eigenvalue weighted by Gasteiger charge is -2.19. The average Bonchev–Trinajstić information content (AvgIpc) is 2.42. The zero-order chi connectivity index (χ0) is 14.3. The van der Waals surface area contributed by atoms with Gasteiger partial charge in [-0.25, -0.2) is 0 Å². The second kappa shape index (κ2) is 8.02. The second-order valence-corrected chi connectivity index (χ2v) is 4.90. The molecule has 108 valence electrons. The van der Waals surface area contributed by atoms with Gasteiger partial charge in [-0.2, -0.15) is 5.48 Å². The Morgan fingerprint density at radius 2 is 1.79 bits per heavy atom. The van der Waals surface area contributed by atoms with Crippen LogP contribution in [0.15, 0.2) is 18.2 Å². The average molecular weight is 267 g/mol. The third-order valence-electron chi connectivity index (χ3n) is 2.86. The first kappa shape index (κ1) is 15.8. The first-order valence-corrected chi connectivity index (χ1v) is 6.71. The number of hydrogen-bond acceptors (Lipinski definition) is 4. The molecule has 0 saturated heterocycles. The number of nitrogens with one attached hydrogen (secondary N) is 1. The fourth-order valence-electron chi connectivity index (χ4n) is 1.77. The minimum Gasteiger partial charge on any atom is -0.493 e. The second-order valence-electron chi connectivity index (χ2n) is 4.90. The van der Waals surface area contributed by atoms with E-state index in [1.165, 1.54) is 0 Å². The van der Waals surface area contributed by atoms with Crippen molar-refractivity contribution in [1.82, 2.24) is 5.48 Å². The topological polar surface area (TPSA) is 39.7 Å². The molecule has 0 bridgehead atoms. The van der Waals surface area contributed by atoms with E-state index in [-0.39, 0.29) is 6.04 Å². The third kappa shape index (κ3) is 4.73. The van der Waals surface area contributed by atoms with E-state index in [2.05, 4.69) is 26.3 Å². The summed E-state index contributed by atoms with van der Waals surface area (Å²) in [5.41, 5.74) is 4.24. The zero-order valence-electron chi connectivity index (χ0n) is 12.5. The van der Waals surface area contributed by atoms with Gasteiger partial charge >= 0.3 is 0 Å². The summed E-state index contributed by atoms with van der Waals surface area (Å²) in [5.74, 6) is 1.99. The maximum absolute atomic E-state index is 5.51. The largest absolute Gasteiger partial charge is 0.493 e. The molecule has 0 heterocycles. The Labute approximate surface area is 116 Å². The number of hydrogen-bond donors (Lipinski definition) is 1. The summed E-state index contributed by atoms with van der Waals surface area (Å²) >= 11 is 0. The Hall–Kier alpha value is -1.26. The molecule has 1 aromatic carbocycles. The molecule has 0 aliphatic carbocycles. The van der Waals surface area contributed by atoms with Crippen LogP contribution in [0.5, 0.6) is 11.5 Å². The SMILES string of the molecule is CCC(NOCC(C)C)c1ccc(OC)c(OC)c1. The summed E-state index contributed by atoms with van der Waals surface area (Å²) in [7, 11) is 3.28. The van der Waals surface area contributed by atoms with Crippen LogP contribution in [-0.2, 0) is 4.84 Å². The molecule has 1 aromatic rings. The van der Waals surface area contributed by atoms with Crippen molar-refractivity contribution in [3.8, 4) is 11.5 Å². The van der Waals surface area contributed by atoms with Gasteiger partial charge < -0.3 is 14.3 Å². The Morgan fingerprint density at radius 3 is 2.32 bits per heavy atom. The van der Waals surface area contributed by atoms with Crippen molar-refractivity contribution in [2.24, 2.45) is 5.92 Å².